The summed E-state index contributed by atoms with van der Waals surface area (Å²) in [4.78, 5) is 12.1. The van der Waals surface area contributed by atoms with Crippen molar-refractivity contribution in [3.8, 4) is 5.75 Å². The van der Waals surface area contributed by atoms with Crippen LogP contribution in [0.2, 0.25) is 0 Å². The first-order chi connectivity index (χ1) is 9.46. The highest BCUT2D eigenvalue weighted by Gasteiger charge is 2.38. The molecular formula is C13H13F3N2O2. The molecule has 2 N–H and O–H groups in total. The molecule has 0 radical (unpaired) electrons. The van der Waals surface area contributed by atoms with Gasteiger partial charge in [0.1, 0.15) is 5.75 Å². The molecule has 2 heterocycles. The van der Waals surface area contributed by atoms with Gasteiger partial charge in [-0.25, -0.2) is 0 Å². The summed E-state index contributed by atoms with van der Waals surface area (Å²) >= 11 is 0. The molecule has 20 heavy (non-hydrogen) atoms. The molecule has 0 aromatic heterocycles. The predicted octanol–water partition coefficient (Wildman–Crippen LogP) is 1.63. The van der Waals surface area contributed by atoms with Crippen LogP contribution >= 0.6 is 0 Å². The first kappa shape index (κ1) is 13.2. The minimum absolute atomic E-state index is 0.000949. The molecule has 1 saturated heterocycles. The third-order valence-electron chi connectivity index (χ3n) is 3.78. The van der Waals surface area contributed by atoms with E-state index in [1.54, 1.807) is 6.07 Å². The highest BCUT2D eigenvalue weighted by atomic mass is 19.4. The summed E-state index contributed by atoms with van der Waals surface area (Å²) in [5, 5.41) is 5.87. The Kier molecular flexibility index (Phi) is 3.08. The van der Waals surface area contributed by atoms with Crippen LogP contribution in [-0.4, -0.2) is 31.9 Å². The Morgan fingerprint density at radius 3 is 2.75 bits per heavy atom. The molecule has 0 aliphatic carbocycles. The third-order valence-corrected chi connectivity index (χ3v) is 3.78. The van der Waals surface area contributed by atoms with Crippen molar-refractivity contribution < 1.29 is 22.7 Å². The van der Waals surface area contributed by atoms with Gasteiger partial charge in [-0.3, -0.25) is 4.79 Å². The SMILES string of the molecule is O=C1NC[C@@H]2CNC[C@H]2c2cccc(OC(F)(F)F)c21. The molecule has 0 bridgehead atoms. The van der Waals surface area contributed by atoms with E-state index in [1.807, 2.05) is 0 Å². The number of alkyl halides is 3. The minimum Gasteiger partial charge on any atom is -0.405 e. The van der Waals surface area contributed by atoms with Crippen LogP contribution in [0, 0.1) is 5.92 Å². The summed E-state index contributed by atoms with van der Waals surface area (Å²) in [6, 6.07) is 4.37. The van der Waals surface area contributed by atoms with Crippen LogP contribution in [0.1, 0.15) is 21.8 Å². The molecule has 0 unspecified atom stereocenters. The van der Waals surface area contributed by atoms with E-state index in [0.717, 1.165) is 6.54 Å². The predicted molar refractivity (Wildman–Crippen MR) is 64.6 cm³/mol. The van der Waals surface area contributed by atoms with E-state index in [4.69, 9.17) is 0 Å². The number of halogens is 3. The zero-order valence-electron chi connectivity index (χ0n) is 10.5. The summed E-state index contributed by atoms with van der Waals surface area (Å²) in [6.07, 6.45) is -4.81. The second kappa shape index (κ2) is 4.66. The molecule has 2 aliphatic rings. The molecule has 4 nitrogen and oxygen atoms in total. The van der Waals surface area contributed by atoms with Crippen molar-refractivity contribution in [2.75, 3.05) is 19.6 Å². The maximum atomic E-state index is 12.4. The number of nitrogens with one attached hydrogen (secondary N) is 2. The molecule has 1 fully saturated rings. The number of fused-ring (bicyclic) bond motifs is 3. The molecule has 0 saturated carbocycles. The second-order valence-corrected chi connectivity index (χ2v) is 5.00. The van der Waals surface area contributed by atoms with Gasteiger partial charge in [0.2, 0.25) is 0 Å². The van der Waals surface area contributed by atoms with Crippen molar-refractivity contribution in [2.24, 2.45) is 5.92 Å². The molecule has 0 spiro atoms. The van der Waals surface area contributed by atoms with Crippen molar-refractivity contribution >= 4 is 5.91 Å². The van der Waals surface area contributed by atoms with E-state index in [2.05, 4.69) is 15.4 Å². The van der Waals surface area contributed by atoms with Crippen molar-refractivity contribution in [3.63, 3.8) is 0 Å². The number of hydrogen-bond acceptors (Lipinski definition) is 3. The van der Waals surface area contributed by atoms with Crippen LogP contribution < -0.4 is 15.4 Å². The van der Waals surface area contributed by atoms with Gasteiger partial charge in [-0.15, -0.1) is 13.2 Å². The van der Waals surface area contributed by atoms with Crippen LogP contribution in [-0.2, 0) is 0 Å². The van der Waals surface area contributed by atoms with Crippen LogP contribution in [0.5, 0.6) is 5.75 Å². The van der Waals surface area contributed by atoms with Crippen LogP contribution in [0.15, 0.2) is 18.2 Å². The fraction of sp³-hybridized carbons (Fsp3) is 0.462. The van der Waals surface area contributed by atoms with Crippen LogP contribution in [0.25, 0.3) is 0 Å². The lowest BCUT2D eigenvalue weighted by molar-refractivity contribution is -0.274. The minimum atomic E-state index is -4.81. The van der Waals surface area contributed by atoms with Gasteiger partial charge in [-0.1, -0.05) is 12.1 Å². The van der Waals surface area contributed by atoms with E-state index in [0.29, 0.717) is 18.7 Å². The van der Waals surface area contributed by atoms with Gasteiger partial charge in [0.25, 0.3) is 5.91 Å². The molecular weight excluding hydrogens is 273 g/mol. The van der Waals surface area contributed by atoms with E-state index >= 15 is 0 Å². The molecule has 7 heteroatoms. The Morgan fingerprint density at radius 1 is 1.20 bits per heavy atom. The van der Waals surface area contributed by atoms with Gasteiger partial charge in [0, 0.05) is 25.6 Å². The number of amides is 1. The lowest BCUT2D eigenvalue weighted by Gasteiger charge is -2.18. The van der Waals surface area contributed by atoms with E-state index < -0.39 is 18.0 Å². The molecule has 2 atom stereocenters. The first-order valence-corrected chi connectivity index (χ1v) is 6.33. The maximum Gasteiger partial charge on any atom is 0.573 e. The van der Waals surface area contributed by atoms with Crippen molar-refractivity contribution in [2.45, 2.75) is 12.3 Å². The number of benzene rings is 1. The quantitative estimate of drug-likeness (QED) is 0.825. The second-order valence-electron chi connectivity index (χ2n) is 5.00. The zero-order valence-corrected chi connectivity index (χ0v) is 10.5. The van der Waals surface area contributed by atoms with Crippen molar-refractivity contribution in [3.05, 3.63) is 29.3 Å². The zero-order chi connectivity index (χ0) is 14.3. The topological polar surface area (TPSA) is 50.4 Å². The number of carbonyl (C=O) groups excluding carboxylic acids is 1. The Hall–Kier alpha value is -1.76. The highest BCUT2D eigenvalue weighted by Crippen LogP contribution is 2.37. The third kappa shape index (κ3) is 2.33. The van der Waals surface area contributed by atoms with Gasteiger partial charge in [-0.2, -0.15) is 0 Å². The number of rotatable bonds is 1. The Morgan fingerprint density at radius 2 is 2.00 bits per heavy atom. The largest absolute Gasteiger partial charge is 0.573 e. The fourth-order valence-corrected chi connectivity index (χ4v) is 2.93. The number of hydrogen-bond donors (Lipinski definition) is 2. The Labute approximate surface area is 113 Å². The first-order valence-electron chi connectivity index (χ1n) is 6.33. The van der Waals surface area contributed by atoms with E-state index in [-0.39, 0.29) is 17.4 Å². The summed E-state index contributed by atoms with van der Waals surface area (Å²) < 4.78 is 41.3. The monoisotopic (exact) mass is 286 g/mol. The number of ether oxygens (including phenoxy) is 1. The molecule has 3 rings (SSSR count). The molecule has 108 valence electrons. The smallest absolute Gasteiger partial charge is 0.405 e. The normalized spacial score (nSPS) is 25.4. The molecule has 1 amide bonds. The molecule has 1 aromatic rings. The van der Waals surface area contributed by atoms with Gasteiger partial charge < -0.3 is 15.4 Å². The summed E-state index contributed by atoms with van der Waals surface area (Å²) in [5.41, 5.74) is 0.623. The molecule has 2 aliphatic heterocycles. The lowest BCUT2D eigenvalue weighted by atomic mass is 9.87. The summed E-state index contributed by atoms with van der Waals surface area (Å²) in [6.45, 7) is 1.85. The fourth-order valence-electron chi connectivity index (χ4n) is 2.93. The van der Waals surface area contributed by atoms with E-state index in [1.165, 1.54) is 12.1 Å². The lowest BCUT2D eigenvalue weighted by Crippen LogP contribution is -2.29. The van der Waals surface area contributed by atoms with Crippen molar-refractivity contribution in [1.29, 1.82) is 0 Å². The van der Waals surface area contributed by atoms with Crippen molar-refractivity contribution in [1.82, 2.24) is 10.6 Å². The average molecular weight is 286 g/mol. The van der Waals surface area contributed by atoms with Crippen LogP contribution in [0.3, 0.4) is 0 Å². The summed E-state index contributed by atoms with van der Waals surface area (Å²) in [7, 11) is 0. The maximum absolute atomic E-state index is 12.4. The average Bonchev–Trinajstić information content (AvgIpc) is 2.77. The Balaban J connectivity index is 2.08. The van der Waals surface area contributed by atoms with Gasteiger partial charge >= 0.3 is 6.36 Å². The number of carbonyl (C=O) groups is 1. The summed E-state index contributed by atoms with van der Waals surface area (Å²) in [5.74, 6) is -0.712. The molecule has 1 aromatic carbocycles. The van der Waals surface area contributed by atoms with Gasteiger partial charge in [0.15, 0.2) is 0 Å². The van der Waals surface area contributed by atoms with Crippen LogP contribution in [0.4, 0.5) is 13.2 Å². The highest BCUT2D eigenvalue weighted by molar-refractivity contribution is 5.99. The van der Waals surface area contributed by atoms with Gasteiger partial charge in [-0.05, 0) is 17.5 Å². The van der Waals surface area contributed by atoms with Gasteiger partial charge in [0.05, 0.1) is 5.56 Å². The Bertz CT molecular complexity index is 545. The standard InChI is InChI=1S/C13H13F3N2O2/c14-13(15,16)20-10-3-1-2-8-9-6-17-4-7(9)5-18-12(19)11(8)10/h1-3,7,9,17H,4-6H2,(H,18,19)/t7-,9+/m0/s1. The van der Waals surface area contributed by atoms with E-state index in [9.17, 15) is 18.0 Å².